The number of benzene rings is 1. The van der Waals surface area contributed by atoms with E-state index < -0.39 is 0 Å². The first-order valence-corrected chi connectivity index (χ1v) is 10.5. The van der Waals surface area contributed by atoms with E-state index in [0.717, 1.165) is 21.7 Å². The number of anilines is 1. The number of aromatic nitrogens is 4. The van der Waals surface area contributed by atoms with Crippen LogP contribution in [0.25, 0.3) is 10.2 Å². The van der Waals surface area contributed by atoms with Gasteiger partial charge in [-0.05, 0) is 44.2 Å². The van der Waals surface area contributed by atoms with E-state index >= 15 is 0 Å². The number of nitrogens with zero attached hydrogens (tertiary/aromatic N) is 5. The number of methoxy groups -OCH3 is 1. The third kappa shape index (κ3) is 4.31. The Morgan fingerprint density at radius 1 is 1.19 bits per heavy atom. The van der Waals surface area contributed by atoms with E-state index in [0.29, 0.717) is 16.4 Å². The molecule has 0 atom stereocenters. The van der Waals surface area contributed by atoms with Gasteiger partial charge in [0.1, 0.15) is 12.3 Å². The van der Waals surface area contributed by atoms with E-state index in [1.807, 2.05) is 36.4 Å². The number of hydrogen-bond acceptors (Lipinski definition) is 7. The molecule has 0 aliphatic rings. The third-order valence-corrected chi connectivity index (χ3v) is 6.02. The lowest BCUT2D eigenvalue weighted by Gasteiger charge is -2.20. The highest BCUT2D eigenvalue weighted by Gasteiger charge is 2.22. The Kier molecular flexibility index (Phi) is 5.77. The summed E-state index contributed by atoms with van der Waals surface area (Å²) in [5.74, 6) is 0.446. The van der Waals surface area contributed by atoms with Gasteiger partial charge in [0.15, 0.2) is 5.13 Å². The van der Waals surface area contributed by atoms with Crippen LogP contribution in [-0.2, 0) is 17.9 Å². The van der Waals surface area contributed by atoms with Crippen molar-refractivity contribution in [2.45, 2.75) is 26.9 Å². The fourth-order valence-corrected chi connectivity index (χ4v) is 4.08. The van der Waals surface area contributed by atoms with Crippen LogP contribution in [0.5, 0.6) is 5.75 Å². The Labute approximate surface area is 182 Å². The van der Waals surface area contributed by atoms with Gasteiger partial charge in [-0.25, -0.2) is 9.97 Å². The minimum atomic E-state index is -0.274. The molecule has 4 aromatic rings. The van der Waals surface area contributed by atoms with E-state index in [-0.39, 0.29) is 24.6 Å². The van der Waals surface area contributed by atoms with Gasteiger partial charge >= 0.3 is 0 Å². The largest absolute Gasteiger partial charge is 0.497 e. The molecule has 31 heavy (non-hydrogen) atoms. The molecule has 0 spiro atoms. The summed E-state index contributed by atoms with van der Waals surface area (Å²) in [6.07, 6.45) is 3.09. The molecule has 3 heterocycles. The molecule has 1 amide bonds. The Hall–Kier alpha value is -3.59. The van der Waals surface area contributed by atoms with Crippen molar-refractivity contribution in [1.29, 1.82) is 0 Å². The summed E-state index contributed by atoms with van der Waals surface area (Å²) < 4.78 is 7.52. The lowest BCUT2D eigenvalue weighted by Crippen LogP contribution is -2.37. The van der Waals surface area contributed by atoms with Gasteiger partial charge in [-0.3, -0.25) is 24.0 Å². The fourth-order valence-electron chi connectivity index (χ4n) is 3.07. The van der Waals surface area contributed by atoms with Gasteiger partial charge in [0, 0.05) is 17.5 Å². The number of hydrogen-bond donors (Lipinski definition) is 0. The molecule has 0 saturated carbocycles. The van der Waals surface area contributed by atoms with Crippen molar-refractivity contribution in [3.63, 3.8) is 0 Å². The average Bonchev–Trinajstić information content (AvgIpc) is 3.21. The molecule has 0 aliphatic carbocycles. The lowest BCUT2D eigenvalue weighted by molar-refractivity contribution is -0.119. The molecular formula is C22H21N5O3S. The zero-order chi connectivity index (χ0) is 22.0. The van der Waals surface area contributed by atoms with Crippen molar-refractivity contribution in [2.75, 3.05) is 12.0 Å². The molecule has 1 aromatic carbocycles. The number of ether oxygens (including phenoxy) is 1. The van der Waals surface area contributed by atoms with Gasteiger partial charge in [-0.15, -0.1) is 0 Å². The summed E-state index contributed by atoms with van der Waals surface area (Å²) in [6.45, 7) is 3.58. The van der Waals surface area contributed by atoms with Crippen LogP contribution in [0.3, 0.4) is 0 Å². The maximum absolute atomic E-state index is 13.3. The van der Waals surface area contributed by atoms with Gasteiger partial charge in [0.25, 0.3) is 5.56 Å². The number of carbonyl (C=O) groups excluding carboxylic acids is 1. The lowest BCUT2D eigenvalue weighted by atomic mass is 10.3. The molecule has 0 unspecified atom stereocenters. The molecule has 0 aliphatic heterocycles. The third-order valence-electron chi connectivity index (χ3n) is 4.98. The van der Waals surface area contributed by atoms with Gasteiger partial charge in [-0.2, -0.15) is 0 Å². The zero-order valence-electron chi connectivity index (χ0n) is 17.4. The summed E-state index contributed by atoms with van der Waals surface area (Å²) in [6, 6.07) is 11.1. The van der Waals surface area contributed by atoms with Crippen LogP contribution in [0.1, 0.15) is 17.0 Å². The molecule has 0 radical (unpaired) electrons. The molecule has 0 bridgehead atoms. The minimum Gasteiger partial charge on any atom is -0.497 e. The van der Waals surface area contributed by atoms with Crippen LogP contribution in [0.15, 0.2) is 53.7 Å². The summed E-state index contributed by atoms with van der Waals surface area (Å²) in [5.41, 5.74) is 2.44. The SMILES string of the molecule is COc1ccc2nc(N(Cc3ccccn3)C(=O)Cn3cnc(C)c(C)c3=O)sc2c1. The number of rotatable bonds is 6. The van der Waals surface area contributed by atoms with Crippen molar-refractivity contribution in [2.24, 2.45) is 0 Å². The Bertz CT molecular complexity index is 1300. The number of aryl methyl sites for hydroxylation is 1. The van der Waals surface area contributed by atoms with Crippen molar-refractivity contribution < 1.29 is 9.53 Å². The summed E-state index contributed by atoms with van der Waals surface area (Å²) >= 11 is 1.39. The maximum atomic E-state index is 13.3. The van der Waals surface area contributed by atoms with E-state index in [1.165, 1.54) is 22.2 Å². The Morgan fingerprint density at radius 2 is 2.03 bits per heavy atom. The number of amides is 1. The van der Waals surface area contributed by atoms with Gasteiger partial charge in [0.2, 0.25) is 5.91 Å². The molecule has 9 heteroatoms. The number of fused-ring (bicyclic) bond motifs is 1. The predicted octanol–water partition coefficient (Wildman–Crippen LogP) is 3.11. The van der Waals surface area contributed by atoms with Gasteiger partial charge in [-0.1, -0.05) is 17.4 Å². The van der Waals surface area contributed by atoms with Crippen molar-refractivity contribution in [3.8, 4) is 5.75 Å². The second kappa shape index (κ2) is 8.65. The van der Waals surface area contributed by atoms with E-state index in [2.05, 4.69) is 15.0 Å². The summed E-state index contributed by atoms with van der Waals surface area (Å²) in [4.78, 5) is 40.6. The van der Waals surface area contributed by atoms with Crippen LogP contribution in [0.4, 0.5) is 5.13 Å². The summed E-state index contributed by atoms with van der Waals surface area (Å²) in [5, 5.41) is 0.531. The fraction of sp³-hybridized carbons (Fsp3) is 0.227. The normalized spacial score (nSPS) is 10.9. The van der Waals surface area contributed by atoms with Crippen molar-refractivity contribution in [3.05, 3.63) is 76.2 Å². The first-order valence-electron chi connectivity index (χ1n) is 9.63. The highest BCUT2D eigenvalue weighted by Crippen LogP contribution is 2.32. The van der Waals surface area contributed by atoms with Crippen LogP contribution >= 0.6 is 11.3 Å². The first-order chi connectivity index (χ1) is 15.0. The minimum absolute atomic E-state index is 0.140. The summed E-state index contributed by atoms with van der Waals surface area (Å²) in [7, 11) is 1.61. The predicted molar refractivity (Wildman–Crippen MR) is 120 cm³/mol. The van der Waals surface area contributed by atoms with Gasteiger partial charge in [0.05, 0.1) is 35.9 Å². The first kappa shape index (κ1) is 20.7. The number of thiazole rings is 1. The maximum Gasteiger partial charge on any atom is 0.256 e. The van der Waals surface area contributed by atoms with Crippen LogP contribution in [-0.4, -0.2) is 32.5 Å². The van der Waals surface area contributed by atoms with Crippen molar-refractivity contribution >= 4 is 32.6 Å². The van der Waals surface area contributed by atoms with E-state index in [9.17, 15) is 9.59 Å². The second-order valence-corrected chi connectivity index (χ2v) is 8.03. The zero-order valence-corrected chi connectivity index (χ0v) is 18.2. The molecular weight excluding hydrogens is 414 g/mol. The van der Waals surface area contributed by atoms with E-state index in [1.54, 1.807) is 32.1 Å². The highest BCUT2D eigenvalue weighted by molar-refractivity contribution is 7.22. The highest BCUT2D eigenvalue weighted by atomic mass is 32.1. The number of pyridine rings is 1. The quantitative estimate of drug-likeness (QED) is 0.462. The molecule has 0 N–H and O–H groups in total. The Morgan fingerprint density at radius 3 is 2.77 bits per heavy atom. The van der Waals surface area contributed by atoms with E-state index in [4.69, 9.17) is 4.74 Å². The second-order valence-electron chi connectivity index (χ2n) is 7.02. The monoisotopic (exact) mass is 435 g/mol. The molecule has 158 valence electrons. The van der Waals surface area contributed by atoms with Crippen LogP contribution < -0.4 is 15.2 Å². The molecule has 0 saturated heterocycles. The smallest absolute Gasteiger partial charge is 0.256 e. The topological polar surface area (TPSA) is 90.2 Å². The van der Waals surface area contributed by atoms with Crippen LogP contribution in [0, 0.1) is 13.8 Å². The average molecular weight is 436 g/mol. The molecule has 8 nitrogen and oxygen atoms in total. The van der Waals surface area contributed by atoms with Gasteiger partial charge < -0.3 is 4.74 Å². The standard InChI is InChI=1S/C22H21N5O3S/c1-14-15(2)24-13-26(21(14)29)12-20(28)27(11-16-6-4-5-9-23-16)22-25-18-8-7-17(30-3)10-19(18)31-22/h4-10,13H,11-12H2,1-3H3. The molecule has 3 aromatic heterocycles. The van der Waals surface area contributed by atoms with Crippen molar-refractivity contribution in [1.82, 2.24) is 19.5 Å². The molecule has 4 rings (SSSR count). The Balaban J connectivity index is 1.71. The number of carbonyl (C=O) groups is 1. The van der Waals surface area contributed by atoms with Crippen LogP contribution in [0.2, 0.25) is 0 Å². The molecule has 0 fully saturated rings.